The molecule has 3 heteroatoms. The zero-order valence-corrected chi connectivity index (χ0v) is 12.6. The summed E-state index contributed by atoms with van der Waals surface area (Å²) in [6.45, 7) is 9.67. The Morgan fingerprint density at radius 2 is 2.06 bits per heavy atom. The largest absolute Gasteiger partial charge is 0.380 e. The lowest BCUT2D eigenvalue weighted by Crippen LogP contribution is -2.41. The molecule has 1 rings (SSSR count). The number of rotatable bonds is 12. The molecule has 0 spiro atoms. The topological polar surface area (TPSA) is 24.5 Å². The van der Waals surface area contributed by atoms with Crippen LogP contribution >= 0.6 is 0 Å². The molecule has 0 aromatic carbocycles. The lowest BCUT2D eigenvalue weighted by Gasteiger charge is -2.28. The van der Waals surface area contributed by atoms with Crippen LogP contribution in [0.25, 0.3) is 0 Å². The van der Waals surface area contributed by atoms with Gasteiger partial charge in [0.1, 0.15) is 0 Å². The summed E-state index contributed by atoms with van der Waals surface area (Å²) < 4.78 is 5.72. The molecule has 0 aromatic rings. The van der Waals surface area contributed by atoms with Gasteiger partial charge in [-0.3, -0.25) is 4.90 Å². The van der Waals surface area contributed by atoms with E-state index in [0.29, 0.717) is 6.04 Å². The Labute approximate surface area is 113 Å². The summed E-state index contributed by atoms with van der Waals surface area (Å²) in [6.07, 6.45) is 6.51. The minimum atomic E-state index is 0.658. The molecule has 1 fully saturated rings. The van der Waals surface area contributed by atoms with Crippen molar-refractivity contribution in [1.29, 1.82) is 0 Å². The van der Waals surface area contributed by atoms with Gasteiger partial charge in [0.2, 0.25) is 0 Å². The van der Waals surface area contributed by atoms with Gasteiger partial charge in [-0.25, -0.2) is 0 Å². The minimum Gasteiger partial charge on any atom is -0.380 e. The molecule has 0 aliphatic heterocycles. The first kappa shape index (κ1) is 15.9. The van der Waals surface area contributed by atoms with Crippen molar-refractivity contribution < 1.29 is 4.74 Å². The molecule has 0 bridgehead atoms. The third kappa shape index (κ3) is 7.34. The summed E-state index contributed by atoms with van der Waals surface area (Å²) in [7, 11) is 2.23. The van der Waals surface area contributed by atoms with Crippen LogP contribution in [0.3, 0.4) is 0 Å². The molecule has 0 heterocycles. The Hall–Kier alpha value is -0.120. The molecular formula is C15H32N2O. The van der Waals surface area contributed by atoms with Crippen molar-refractivity contribution in [2.75, 3.05) is 39.9 Å². The average molecular weight is 256 g/mol. The van der Waals surface area contributed by atoms with Crippen molar-refractivity contribution >= 4 is 0 Å². The monoisotopic (exact) mass is 256 g/mol. The lowest BCUT2D eigenvalue weighted by atomic mass is 10.1. The molecular weight excluding hydrogens is 224 g/mol. The van der Waals surface area contributed by atoms with Crippen LogP contribution in [-0.4, -0.2) is 50.8 Å². The van der Waals surface area contributed by atoms with Crippen LogP contribution in [0.4, 0.5) is 0 Å². The van der Waals surface area contributed by atoms with E-state index in [1.54, 1.807) is 0 Å². The molecule has 108 valence electrons. The molecule has 0 radical (unpaired) electrons. The summed E-state index contributed by atoms with van der Waals surface area (Å²) in [5, 5.41) is 3.54. The summed E-state index contributed by atoms with van der Waals surface area (Å²) in [4.78, 5) is 2.46. The second-order valence-electron chi connectivity index (χ2n) is 5.65. The van der Waals surface area contributed by atoms with Crippen LogP contribution in [0.5, 0.6) is 0 Å². The van der Waals surface area contributed by atoms with Gasteiger partial charge < -0.3 is 10.1 Å². The van der Waals surface area contributed by atoms with Crippen LogP contribution in [0.15, 0.2) is 0 Å². The van der Waals surface area contributed by atoms with Crippen molar-refractivity contribution in [3.63, 3.8) is 0 Å². The van der Waals surface area contributed by atoms with Gasteiger partial charge in [-0.15, -0.1) is 0 Å². The highest BCUT2D eigenvalue weighted by molar-refractivity contribution is 4.73. The maximum absolute atomic E-state index is 5.72. The molecule has 0 aromatic heterocycles. The highest BCUT2D eigenvalue weighted by atomic mass is 16.5. The minimum absolute atomic E-state index is 0.658. The Kier molecular flexibility index (Phi) is 8.64. The second-order valence-corrected chi connectivity index (χ2v) is 5.65. The van der Waals surface area contributed by atoms with E-state index in [1.807, 2.05) is 0 Å². The Balaban J connectivity index is 2.08. The first-order valence-electron chi connectivity index (χ1n) is 7.76. The van der Waals surface area contributed by atoms with Crippen LogP contribution < -0.4 is 5.32 Å². The fourth-order valence-corrected chi connectivity index (χ4v) is 2.18. The van der Waals surface area contributed by atoms with Crippen LogP contribution in [0.2, 0.25) is 0 Å². The van der Waals surface area contributed by atoms with Gasteiger partial charge in [0, 0.05) is 25.7 Å². The first-order valence-corrected chi connectivity index (χ1v) is 7.76. The number of likely N-dealkylation sites (N-methyl/N-ethyl adjacent to an activating group) is 1. The van der Waals surface area contributed by atoms with Crippen molar-refractivity contribution in [1.82, 2.24) is 10.2 Å². The number of ether oxygens (including phenoxy) is 1. The van der Waals surface area contributed by atoms with Gasteiger partial charge in [-0.05, 0) is 45.2 Å². The quantitative estimate of drug-likeness (QED) is 0.543. The Bertz CT molecular complexity index is 195. The molecule has 0 saturated heterocycles. The number of nitrogens with one attached hydrogen (secondary N) is 1. The molecule has 1 unspecified atom stereocenters. The smallest absolute Gasteiger partial charge is 0.0593 e. The molecule has 3 nitrogen and oxygen atoms in total. The predicted octanol–water partition coefficient (Wildman–Crippen LogP) is 2.51. The SMILES string of the molecule is CCCNCC(CCC)N(C)CCOCC1CC1. The van der Waals surface area contributed by atoms with E-state index >= 15 is 0 Å². The van der Waals surface area contributed by atoms with Gasteiger partial charge >= 0.3 is 0 Å². The van der Waals surface area contributed by atoms with Gasteiger partial charge in [-0.1, -0.05) is 20.3 Å². The van der Waals surface area contributed by atoms with Gasteiger partial charge in [0.25, 0.3) is 0 Å². The highest BCUT2D eigenvalue weighted by Gasteiger charge is 2.21. The van der Waals surface area contributed by atoms with Crippen LogP contribution in [-0.2, 0) is 4.74 Å². The number of nitrogens with zero attached hydrogens (tertiary/aromatic N) is 1. The fraction of sp³-hybridized carbons (Fsp3) is 1.00. The standard InChI is InChI=1S/C15H32N2O/c1-4-6-15(12-16-9-5-2)17(3)10-11-18-13-14-7-8-14/h14-16H,4-13H2,1-3H3. The molecule has 0 amide bonds. The zero-order valence-electron chi connectivity index (χ0n) is 12.6. The third-order valence-electron chi connectivity index (χ3n) is 3.69. The van der Waals surface area contributed by atoms with Crippen molar-refractivity contribution in [2.45, 2.75) is 52.0 Å². The first-order chi connectivity index (χ1) is 8.77. The van der Waals surface area contributed by atoms with E-state index in [9.17, 15) is 0 Å². The van der Waals surface area contributed by atoms with Crippen molar-refractivity contribution in [3.8, 4) is 0 Å². The van der Waals surface area contributed by atoms with E-state index < -0.39 is 0 Å². The molecule has 1 saturated carbocycles. The summed E-state index contributed by atoms with van der Waals surface area (Å²) in [6, 6.07) is 0.658. The van der Waals surface area contributed by atoms with Crippen LogP contribution in [0.1, 0.15) is 46.0 Å². The van der Waals surface area contributed by atoms with E-state index in [2.05, 4.69) is 31.1 Å². The summed E-state index contributed by atoms with van der Waals surface area (Å²) in [5.41, 5.74) is 0. The molecule has 1 aliphatic carbocycles. The zero-order chi connectivity index (χ0) is 13.2. The number of hydrogen-bond acceptors (Lipinski definition) is 3. The van der Waals surface area contributed by atoms with E-state index in [-0.39, 0.29) is 0 Å². The van der Waals surface area contributed by atoms with Gasteiger partial charge in [-0.2, -0.15) is 0 Å². The maximum Gasteiger partial charge on any atom is 0.0593 e. The second kappa shape index (κ2) is 9.76. The maximum atomic E-state index is 5.72. The molecule has 18 heavy (non-hydrogen) atoms. The highest BCUT2D eigenvalue weighted by Crippen LogP contribution is 2.28. The molecule has 1 aliphatic rings. The van der Waals surface area contributed by atoms with Gasteiger partial charge in [0.15, 0.2) is 0 Å². The molecule has 1 atom stereocenters. The van der Waals surface area contributed by atoms with Crippen molar-refractivity contribution in [2.24, 2.45) is 5.92 Å². The lowest BCUT2D eigenvalue weighted by molar-refractivity contribution is 0.0893. The Morgan fingerprint density at radius 1 is 1.28 bits per heavy atom. The average Bonchev–Trinajstić information content (AvgIpc) is 3.17. The normalized spacial score (nSPS) is 17.3. The van der Waals surface area contributed by atoms with Crippen molar-refractivity contribution in [3.05, 3.63) is 0 Å². The van der Waals surface area contributed by atoms with E-state index in [0.717, 1.165) is 38.8 Å². The fourth-order valence-electron chi connectivity index (χ4n) is 2.18. The van der Waals surface area contributed by atoms with E-state index in [4.69, 9.17) is 4.74 Å². The van der Waals surface area contributed by atoms with Gasteiger partial charge in [0.05, 0.1) is 6.61 Å². The van der Waals surface area contributed by atoms with Crippen LogP contribution in [0, 0.1) is 5.92 Å². The number of hydrogen-bond donors (Lipinski definition) is 1. The van der Waals surface area contributed by atoms with E-state index in [1.165, 1.54) is 32.1 Å². The predicted molar refractivity (Wildman–Crippen MR) is 78.0 cm³/mol. The summed E-state index contributed by atoms with van der Waals surface area (Å²) in [5.74, 6) is 0.882. The molecule has 1 N–H and O–H groups in total. The summed E-state index contributed by atoms with van der Waals surface area (Å²) >= 11 is 0. The Morgan fingerprint density at radius 3 is 2.67 bits per heavy atom. The third-order valence-corrected chi connectivity index (χ3v) is 3.69.